The van der Waals surface area contributed by atoms with Gasteiger partial charge in [-0.05, 0) is 36.8 Å². The van der Waals surface area contributed by atoms with Gasteiger partial charge < -0.3 is 4.90 Å². The molecule has 0 amide bonds. The summed E-state index contributed by atoms with van der Waals surface area (Å²) in [6.07, 6.45) is 7.27. The van der Waals surface area contributed by atoms with Crippen LogP contribution >= 0.6 is 0 Å². The molecule has 26 heavy (non-hydrogen) atoms. The van der Waals surface area contributed by atoms with E-state index in [0.717, 1.165) is 36.5 Å². The molecular formula is C20H24N6. The SMILES string of the molecule is c1ccc(CN2CCC3(CCN(c4ncnc5[nH]ncc45)CC3)C2)cc1. The van der Waals surface area contributed by atoms with E-state index in [2.05, 4.69) is 60.3 Å². The van der Waals surface area contributed by atoms with Crippen LogP contribution in [-0.2, 0) is 6.54 Å². The third kappa shape index (κ3) is 2.84. The first-order valence-corrected chi connectivity index (χ1v) is 9.47. The number of nitrogens with one attached hydrogen (secondary N) is 1. The Bertz CT molecular complexity index is 881. The van der Waals surface area contributed by atoms with Gasteiger partial charge in [0.05, 0.1) is 11.6 Å². The molecule has 2 saturated heterocycles. The average Bonchev–Trinajstić information content (AvgIpc) is 3.31. The summed E-state index contributed by atoms with van der Waals surface area (Å²) in [6, 6.07) is 10.8. The molecule has 4 heterocycles. The minimum Gasteiger partial charge on any atom is -0.356 e. The molecule has 6 nitrogen and oxygen atoms in total. The van der Waals surface area contributed by atoms with Crippen LogP contribution in [0.3, 0.4) is 0 Å². The second-order valence-electron chi connectivity index (χ2n) is 7.76. The standard InChI is InChI=1S/C20H24N6/c1-2-4-16(5-3-1)13-25-9-6-20(14-25)7-10-26(11-8-20)19-17-12-23-24-18(17)21-15-22-19/h1-5,12,15H,6-11,13-14H2,(H,21,22,23,24). The van der Waals surface area contributed by atoms with Crippen molar-refractivity contribution in [2.24, 2.45) is 5.41 Å². The lowest BCUT2D eigenvalue weighted by molar-refractivity contribution is 0.206. The van der Waals surface area contributed by atoms with Gasteiger partial charge in [0.1, 0.15) is 12.1 Å². The molecule has 6 heteroatoms. The van der Waals surface area contributed by atoms with E-state index in [1.54, 1.807) is 6.33 Å². The number of aromatic nitrogens is 4. The Balaban J connectivity index is 1.25. The number of anilines is 1. The maximum Gasteiger partial charge on any atom is 0.160 e. The fourth-order valence-electron chi connectivity index (χ4n) is 4.61. The molecule has 2 aromatic heterocycles. The Labute approximate surface area is 153 Å². The zero-order chi connectivity index (χ0) is 17.4. The molecule has 0 bridgehead atoms. The van der Waals surface area contributed by atoms with Crippen LogP contribution in [0.4, 0.5) is 5.82 Å². The highest BCUT2D eigenvalue weighted by molar-refractivity contribution is 5.86. The average molecular weight is 348 g/mol. The summed E-state index contributed by atoms with van der Waals surface area (Å²) in [5.41, 5.74) is 2.73. The van der Waals surface area contributed by atoms with Crippen molar-refractivity contribution in [3.8, 4) is 0 Å². The third-order valence-electron chi connectivity index (χ3n) is 6.12. The molecular weight excluding hydrogens is 324 g/mol. The second-order valence-corrected chi connectivity index (χ2v) is 7.76. The van der Waals surface area contributed by atoms with Crippen molar-refractivity contribution < 1.29 is 0 Å². The van der Waals surface area contributed by atoms with Crippen molar-refractivity contribution in [2.45, 2.75) is 25.8 Å². The largest absolute Gasteiger partial charge is 0.356 e. The van der Waals surface area contributed by atoms with Crippen LogP contribution in [0.25, 0.3) is 11.0 Å². The number of aromatic amines is 1. The van der Waals surface area contributed by atoms with Gasteiger partial charge >= 0.3 is 0 Å². The number of fused-ring (bicyclic) bond motifs is 1. The number of nitrogens with zero attached hydrogens (tertiary/aromatic N) is 5. The fraction of sp³-hybridized carbons (Fsp3) is 0.450. The minimum atomic E-state index is 0.480. The van der Waals surface area contributed by atoms with E-state index in [4.69, 9.17) is 0 Å². The number of rotatable bonds is 3. The Morgan fingerprint density at radius 3 is 2.65 bits per heavy atom. The highest BCUT2D eigenvalue weighted by atomic mass is 15.2. The summed E-state index contributed by atoms with van der Waals surface area (Å²) in [5.74, 6) is 1.03. The number of H-pyrrole nitrogens is 1. The normalized spacial score (nSPS) is 20.2. The van der Waals surface area contributed by atoms with Gasteiger partial charge in [-0.1, -0.05) is 30.3 Å². The lowest BCUT2D eigenvalue weighted by atomic mass is 9.78. The molecule has 2 aliphatic heterocycles. The van der Waals surface area contributed by atoms with Crippen molar-refractivity contribution in [3.63, 3.8) is 0 Å². The van der Waals surface area contributed by atoms with E-state index in [-0.39, 0.29) is 0 Å². The van der Waals surface area contributed by atoms with Crippen molar-refractivity contribution in [1.29, 1.82) is 0 Å². The van der Waals surface area contributed by atoms with Crippen LogP contribution in [0, 0.1) is 5.41 Å². The van der Waals surface area contributed by atoms with Gasteiger partial charge in [-0.2, -0.15) is 5.10 Å². The van der Waals surface area contributed by atoms with E-state index in [0.29, 0.717) is 5.41 Å². The lowest BCUT2D eigenvalue weighted by Gasteiger charge is -2.40. The van der Waals surface area contributed by atoms with E-state index in [1.807, 2.05) is 6.20 Å². The van der Waals surface area contributed by atoms with Crippen LogP contribution in [0.2, 0.25) is 0 Å². The molecule has 0 radical (unpaired) electrons. The van der Waals surface area contributed by atoms with Gasteiger partial charge in [0.25, 0.3) is 0 Å². The fourth-order valence-corrected chi connectivity index (χ4v) is 4.61. The van der Waals surface area contributed by atoms with E-state index < -0.39 is 0 Å². The van der Waals surface area contributed by atoms with Crippen LogP contribution in [0.15, 0.2) is 42.9 Å². The molecule has 0 unspecified atom stereocenters. The maximum atomic E-state index is 4.53. The highest BCUT2D eigenvalue weighted by Gasteiger charge is 2.40. The number of hydrogen-bond donors (Lipinski definition) is 1. The van der Waals surface area contributed by atoms with E-state index in [9.17, 15) is 0 Å². The van der Waals surface area contributed by atoms with Crippen molar-refractivity contribution in [1.82, 2.24) is 25.1 Å². The molecule has 1 spiro atoms. The quantitative estimate of drug-likeness (QED) is 0.789. The van der Waals surface area contributed by atoms with E-state index in [1.165, 1.54) is 37.9 Å². The monoisotopic (exact) mass is 348 g/mol. The summed E-state index contributed by atoms with van der Waals surface area (Å²) in [5, 5.41) is 8.09. The van der Waals surface area contributed by atoms with Crippen molar-refractivity contribution in [3.05, 3.63) is 48.4 Å². The van der Waals surface area contributed by atoms with E-state index >= 15 is 0 Å². The molecule has 134 valence electrons. The van der Waals surface area contributed by atoms with Crippen molar-refractivity contribution >= 4 is 16.9 Å². The predicted octanol–water partition coefficient (Wildman–Crippen LogP) is 2.85. The summed E-state index contributed by atoms with van der Waals surface area (Å²) < 4.78 is 0. The first-order chi connectivity index (χ1) is 12.8. The smallest absolute Gasteiger partial charge is 0.160 e. The summed E-state index contributed by atoms with van der Waals surface area (Å²) >= 11 is 0. The topological polar surface area (TPSA) is 60.9 Å². The van der Waals surface area contributed by atoms with Gasteiger partial charge in [0, 0.05) is 26.2 Å². The van der Waals surface area contributed by atoms with Gasteiger partial charge in [0.2, 0.25) is 0 Å². The van der Waals surface area contributed by atoms with Gasteiger partial charge in [-0.3, -0.25) is 10.00 Å². The Hall–Kier alpha value is -2.47. The van der Waals surface area contributed by atoms with Gasteiger partial charge in [0.15, 0.2) is 5.65 Å². The van der Waals surface area contributed by atoms with Crippen molar-refractivity contribution in [2.75, 3.05) is 31.1 Å². The Kier molecular flexibility index (Phi) is 3.85. The first-order valence-electron chi connectivity index (χ1n) is 9.47. The Morgan fingerprint density at radius 2 is 1.81 bits per heavy atom. The summed E-state index contributed by atoms with van der Waals surface area (Å²) in [7, 11) is 0. The number of likely N-dealkylation sites (tertiary alicyclic amines) is 1. The van der Waals surface area contributed by atoms with Crippen LogP contribution in [-0.4, -0.2) is 51.2 Å². The number of piperidine rings is 1. The van der Waals surface area contributed by atoms with Crippen LogP contribution in [0.1, 0.15) is 24.8 Å². The molecule has 1 aromatic carbocycles. The molecule has 3 aromatic rings. The first kappa shape index (κ1) is 15.8. The maximum absolute atomic E-state index is 4.53. The van der Waals surface area contributed by atoms with Crippen LogP contribution < -0.4 is 4.90 Å². The second kappa shape index (κ2) is 6.36. The molecule has 0 aliphatic carbocycles. The minimum absolute atomic E-state index is 0.480. The molecule has 1 N–H and O–H groups in total. The van der Waals surface area contributed by atoms with Crippen LogP contribution in [0.5, 0.6) is 0 Å². The third-order valence-corrected chi connectivity index (χ3v) is 6.12. The molecule has 2 fully saturated rings. The summed E-state index contributed by atoms with van der Waals surface area (Å²) in [4.78, 5) is 13.8. The molecule has 0 atom stereocenters. The van der Waals surface area contributed by atoms with Gasteiger partial charge in [-0.15, -0.1) is 0 Å². The number of benzene rings is 1. The van der Waals surface area contributed by atoms with Gasteiger partial charge in [-0.25, -0.2) is 9.97 Å². The Morgan fingerprint density at radius 1 is 1.00 bits per heavy atom. The molecule has 5 rings (SSSR count). The number of hydrogen-bond acceptors (Lipinski definition) is 5. The summed E-state index contributed by atoms with van der Waals surface area (Å²) in [6.45, 7) is 5.65. The molecule has 0 saturated carbocycles. The zero-order valence-corrected chi connectivity index (χ0v) is 14.9. The highest BCUT2D eigenvalue weighted by Crippen LogP contribution is 2.42. The molecule has 2 aliphatic rings. The predicted molar refractivity (Wildman–Crippen MR) is 102 cm³/mol. The zero-order valence-electron chi connectivity index (χ0n) is 14.9. The lowest BCUT2D eigenvalue weighted by Crippen LogP contribution is -2.42.